The van der Waals surface area contributed by atoms with E-state index in [-0.39, 0.29) is 0 Å². The van der Waals surface area contributed by atoms with E-state index >= 15 is 0 Å². The summed E-state index contributed by atoms with van der Waals surface area (Å²) >= 11 is 12.2. The first kappa shape index (κ1) is 21.7. The fraction of sp³-hybridized carbons (Fsp3) is 0.263. The molecule has 0 saturated carbocycles. The quantitative estimate of drug-likeness (QED) is 0.360. The van der Waals surface area contributed by atoms with Gasteiger partial charge in [0.15, 0.2) is 17.3 Å². The monoisotopic (exact) mass is 423 g/mol. The summed E-state index contributed by atoms with van der Waals surface area (Å²) in [5.74, 6) is -0.388. The number of hydrogen-bond acceptors (Lipinski definition) is 6. The molecular formula is C19H19Cl2N3O4. The molecule has 0 fully saturated rings. The highest BCUT2D eigenvalue weighted by Crippen LogP contribution is 2.33. The zero-order valence-electron chi connectivity index (χ0n) is 15.8. The highest BCUT2D eigenvalue weighted by Gasteiger charge is 2.29. The zero-order chi connectivity index (χ0) is 20.8. The number of hydrogen-bond donors (Lipinski definition) is 0. The lowest BCUT2D eigenvalue weighted by Crippen LogP contribution is -2.36. The van der Waals surface area contributed by atoms with Crippen molar-refractivity contribution >= 4 is 46.4 Å². The first-order valence-electron chi connectivity index (χ1n) is 8.18. The summed E-state index contributed by atoms with van der Waals surface area (Å²) in [6.45, 7) is 3.00. The van der Waals surface area contributed by atoms with Crippen molar-refractivity contribution in [3.63, 3.8) is 0 Å². The number of carbonyl (C=O) groups is 2. The van der Waals surface area contributed by atoms with Crippen LogP contribution >= 0.6 is 23.4 Å². The molecular weight excluding hydrogens is 405 g/mol. The number of nitrogens with zero attached hydrogens (tertiary/aromatic N) is 3. The van der Waals surface area contributed by atoms with Crippen molar-refractivity contribution in [2.75, 3.05) is 18.6 Å². The number of anilines is 1. The molecule has 0 spiro atoms. The molecule has 0 aromatic heterocycles. The van der Waals surface area contributed by atoms with Crippen molar-refractivity contribution in [3.8, 4) is 11.5 Å². The van der Waals surface area contributed by atoms with Gasteiger partial charge in [0, 0.05) is 22.9 Å². The van der Waals surface area contributed by atoms with Gasteiger partial charge in [0.25, 0.3) is 5.91 Å². The van der Waals surface area contributed by atoms with Crippen LogP contribution in [0.3, 0.4) is 0 Å². The topological polar surface area (TPSA) is 80.6 Å². The van der Waals surface area contributed by atoms with Crippen LogP contribution in [-0.4, -0.2) is 32.0 Å². The number of azo groups is 1. The molecule has 148 valence electrons. The number of rotatable bonds is 7. The number of carbonyl (C=O) groups excluding carboxylic acids is 2. The molecule has 2 aromatic rings. The second-order valence-corrected chi connectivity index (χ2v) is 6.52. The van der Waals surface area contributed by atoms with Crippen LogP contribution in [0.1, 0.15) is 12.5 Å². The third-order valence-corrected chi connectivity index (χ3v) is 4.70. The van der Waals surface area contributed by atoms with Gasteiger partial charge in [-0.1, -0.05) is 17.7 Å². The van der Waals surface area contributed by atoms with Crippen molar-refractivity contribution in [1.82, 2.24) is 0 Å². The maximum absolute atomic E-state index is 12.7. The number of Topliss-reactive ketones (excluding diaryl/α,β-unsaturated/α-hetero) is 1. The Morgan fingerprint density at radius 3 is 2.39 bits per heavy atom. The van der Waals surface area contributed by atoms with Crippen molar-refractivity contribution < 1.29 is 19.1 Å². The molecule has 0 aliphatic rings. The van der Waals surface area contributed by atoms with Crippen LogP contribution < -0.4 is 13.9 Å². The Morgan fingerprint density at radius 2 is 1.79 bits per heavy atom. The number of amides is 1. The van der Waals surface area contributed by atoms with Gasteiger partial charge in [0.05, 0.1) is 25.6 Å². The third kappa shape index (κ3) is 4.79. The Bertz CT molecular complexity index is 918. The first-order chi connectivity index (χ1) is 13.3. The summed E-state index contributed by atoms with van der Waals surface area (Å²) in [6.07, 6.45) is 0. The standard InChI is InChI=1S/C19H19Cl2N3O4/c1-11-14(20)6-5-7-15(11)22-23-18(12(2)25)19(26)24(21)13-8-9-16(27-3)17(10-13)28-4/h5-10,18H,1-4H3. The molecule has 7 nitrogen and oxygen atoms in total. The molecule has 2 aromatic carbocycles. The van der Waals surface area contributed by atoms with Crippen LogP contribution in [0.5, 0.6) is 11.5 Å². The summed E-state index contributed by atoms with van der Waals surface area (Å²) < 4.78 is 11.2. The molecule has 28 heavy (non-hydrogen) atoms. The van der Waals surface area contributed by atoms with Crippen LogP contribution in [0.25, 0.3) is 0 Å². The van der Waals surface area contributed by atoms with Crippen LogP contribution in [0.15, 0.2) is 46.6 Å². The second-order valence-electron chi connectivity index (χ2n) is 5.77. The summed E-state index contributed by atoms with van der Waals surface area (Å²) in [4.78, 5) is 24.7. The Labute approximate surface area is 173 Å². The fourth-order valence-electron chi connectivity index (χ4n) is 2.31. The molecule has 1 atom stereocenters. The molecule has 0 aliphatic carbocycles. The van der Waals surface area contributed by atoms with E-state index < -0.39 is 17.7 Å². The van der Waals surface area contributed by atoms with Gasteiger partial charge in [-0.15, -0.1) is 0 Å². The predicted octanol–water partition coefficient (Wildman–Crippen LogP) is 4.89. The lowest BCUT2D eigenvalue weighted by atomic mass is 10.2. The lowest BCUT2D eigenvalue weighted by Gasteiger charge is -2.18. The Balaban J connectivity index is 2.30. The van der Waals surface area contributed by atoms with E-state index in [0.717, 1.165) is 4.42 Å². The molecule has 1 unspecified atom stereocenters. The van der Waals surface area contributed by atoms with Gasteiger partial charge in [-0.2, -0.15) is 10.2 Å². The molecule has 1 amide bonds. The highest BCUT2D eigenvalue weighted by atomic mass is 35.5. The van der Waals surface area contributed by atoms with Crippen molar-refractivity contribution in [1.29, 1.82) is 0 Å². The van der Waals surface area contributed by atoms with E-state index in [4.69, 9.17) is 32.9 Å². The summed E-state index contributed by atoms with van der Waals surface area (Å²) in [5, 5.41) is 8.42. The molecule has 0 saturated heterocycles. The van der Waals surface area contributed by atoms with Crippen LogP contribution in [0.4, 0.5) is 11.4 Å². The maximum Gasteiger partial charge on any atom is 0.276 e. The minimum absolute atomic E-state index is 0.296. The molecule has 0 bridgehead atoms. The van der Waals surface area contributed by atoms with Crippen LogP contribution in [0.2, 0.25) is 5.02 Å². The second kappa shape index (κ2) is 9.52. The number of ketones is 1. The van der Waals surface area contributed by atoms with Gasteiger partial charge in [0.2, 0.25) is 6.04 Å². The van der Waals surface area contributed by atoms with Gasteiger partial charge in [-0.3, -0.25) is 9.59 Å². The summed E-state index contributed by atoms with van der Waals surface area (Å²) in [7, 11) is 2.95. The van der Waals surface area contributed by atoms with E-state index in [9.17, 15) is 9.59 Å². The zero-order valence-corrected chi connectivity index (χ0v) is 17.3. The van der Waals surface area contributed by atoms with E-state index in [2.05, 4.69) is 10.2 Å². The maximum atomic E-state index is 12.7. The van der Waals surface area contributed by atoms with Gasteiger partial charge in [0.1, 0.15) is 0 Å². The number of halogens is 2. The summed E-state index contributed by atoms with van der Waals surface area (Å²) in [6, 6.07) is 8.35. The van der Waals surface area contributed by atoms with Crippen molar-refractivity contribution in [2.24, 2.45) is 10.2 Å². The molecule has 0 radical (unpaired) electrons. The minimum Gasteiger partial charge on any atom is -0.493 e. The van der Waals surface area contributed by atoms with Gasteiger partial charge in [-0.25, -0.2) is 4.42 Å². The first-order valence-corrected chi connectivity index (χ1v) is 8.90. The Hall–Kier alpha value is -2.64. The van der Waals surface area contributed by atoms with Crippen LogP contribution in [0, 0.1) is 6.92 Å². The predicted molar refractivity (Wildman–Crippen MR) is 108 cm³/mol. The molecule has 2 rings (SSSR count). The molecule has 9 heteroatoms. The number of methoxy groups -OCH3 is 2. The SMILES string of the molecule is COc1ccc(N(Cl)C(=O)C(N=Nc2cccc(Cl)c2C)C(C)=O)cc1OC. The van der Waals surface area contributed by atoms with E-state index in [1.807, 2.05) is 0 Å². The third-order valence-electron chi connectivity index (χ3n) is 3.93. The van der Waals surface area contributed by atoms with Gasteiger partial charge in [-0.05, 0) is 43.7 Å². The smallest absolute Gasteiger partial charge is 0.276 e. The van der Waals surface area contributed by atoms with Gasteiger partial charge < -0.3 is 9.47 Å². The van der Waals surface area contributed by atoms with Crippen LogP contribution in [-0.2, 0) is 9.59 Å². The Kier molecular flexibility index (Phi) is 7.37. The fourth-order valence-corrected chi connectivity index (χ4v) is 2.68. The molecule has 0 N–H and O–H groups in total. The van der Waals surface area contributed by atoms with Gasteiger partial charge >= 0.3 is 0 Å². The molecule has 0 heterocycles. The van der Waals surface area contributed by atoms with E-state index in [1.165, 1.54) is 27.2 Å². The van der Waals surface area contributed by atoms with Crippen molar-refractivity contribution in [3.05, 3.63) is 47.0 Å². The lowest BCUT2D eigenvalue weighted by molar-refractivity contribution is -0.126. The van der Waals surface area contributed by atoms with E-state index in [0.29, 0.717) is 33.5 Å². The Morgan fingerprint density at radius 1 is 1.11 bits per heavy atom. The number of benzene rings is 2. The summed E-state index contributed by atoms with van der Waals surface area (Å²) in [5.41, 5.74) is 1.44. The average Bonchev–Trinajstić information content (AvgIpc) is 2.69. The number of ether oxygens (including phenoxy) is 2. The highest BCUT2D eigenvalue weighted by molar-refractivity contribution is 6.39. The average molecular weight is 424 g/mol. The van der Waals surface area contributed by atoms with Crippen molar-refractivity contribution in [2.45, 2.75) is 19.9 Å². The molecule has 0 aliphatic heterocycles. The largest absolute Gasteiger partial charge is 0.493 e. The van der Waals surface area contributed by atoms with E-state index in [1.54, 1.807) is 37.3 Å². The minimum atomic E-state index is -1.40. The normalized spacial score (nSPS) is 11.9.